The summed E-state index contributed by atoms with van der Waals surface area (Å²) in [7, 11) is 0. The summed E-state index contributed by atoms with van der Waals surface area (Å²) in [6, 6.07) is -0.0105. The Morgan fingerprint density at radius 3 is 2.87 bits per heavy atom. The average Bonchev–Trinajstić information content (AvgIpc) is 2.94. The lowest BCUT2D eigenvalue weighted by atomic mass is 9.83. The van der Waals surface area contributed by atoms with Crippen molar-refractivity contribution in [3.63, 3.8) is 0 Å². The van der Waals surface area contributed by atoms with Crippen LogP contribution < -0.4 is 5.56 Å². The molecular formula is C15H21N7O. The standard InChI is InChI=1S/C15H21N7O/c1-8(2)12-13-14(21-20-12)15(23)18-11(17-13)7-9-5-3-4-6-10(9)19-22-16/h8-10H,3-7H2,1-2H3,(H,20,21)(H,17,18,23)/t9-,10+/m0/s1. The van der Waals surface area contributed by atoms with Crippen LogP contribution in [0.2, 0.25) is 0 Å². The summed E-state index contributed by atoms with van der Waals surface area (Å²) in [4.78, 5) is 22.6. The molecule has 23 heavy (non-hydrogen) atoms. The number of rotatable bonds is 4. The van der Waals surface area contributed by atoms with Crippen molar-refractivity contribution in [3.8, 4) is 0 Å². The Kier molecular flexibility index (Phi) is 4.34. The summed E-state index contributed by atoms with van der Waals surface area (Å²) in [6.07, 6.45) is 4.73. The number of fused-ring (bicyclic) bond motifs is 1. The van der Waals surface area contributed by atoms with Gasteiger partial charge < -0.3 is 4.98 Å². The first-order valence-electron chi connectivity index (χ1n) is 8.11. The molecule has 0 saturated heterocycles. The molecule has 0 aromatic carbocycles. The van der Waals surface area contributed by atoms with Crippen LogP contribution in [0.4, 0.5) is 0 Å². The van der Waals surface area contributed by atoms with Crippen molar-refractivity contribution in [1.29, 1.82) is 0 Å². The highest BCUT2D eigenvalue weighted by molar-refractivity contribution is 5.76. The molecule has 2 aromatic rings. The molecule has 3 rings (SSSR count). The van der Waals surface area contributed by atoms with E-state index < -0.39 is 0 Å². The van der Waals surface area contributed by atoms with Gasteiger partial charge in [-0.25, -0.2) is 4.98 Å². The quantitative estimate of drug-likeness (QED) is 0.511. The third kappa shape index (κ3) is 3.07. The van der Waals surface area contributed by atoms with Crippen molar-refractivity contribution < 1.29 is 0 Å². The molecule has 8 heteroatoms. The van der Waals surface area contributed by atoms with Crippen molar-refractivity contribution in [3.05, 3.63) is 32.3 Å². The lowest BCUT2D eigenvalue weighted by Gasteiger charge is -2.27. The van der Waals surface area contributed by atoms with Gasteiger partial charge in [-0.3, -0.25) is 9.89 Å². The fourth-order valence-electron chi connectivity index (χ4n) is 3.37. The van der Waals surface area contributed by atoms with Gasteiger partial charge in [-0.15, -0.1) is 0 Å². The van der Waals surface area contributed by atoms with E-state index in [1.165, 1.54) is 0 Å². The van der Waals surface area contributed by atoms with E-state index in [-0.39, 0.29) is 23.4 Å². The van der Waals surface area contributed by atoms with Gasteiger partial charge in [-0.1, -0.05) is 31.8 Å². The van der Waals surface area contributed by atoms with E-state index in [0.717, 1.165) is 31.4 Å². The zero-order valence-corrected chi connectivity index (χ0v) is 13.4. The monoisotopic (exact) mass is 315 g/mol. The third-order valence-electron chi connectivity index (χ3n) is 4.59. The average molecular weight is 315 g/mol. The van der Waals surface area contributed by atoms with E-state index in [4.69, 9.17) is 5.53 Å². The SMILES string of the molecule is CC(C)c1[nH]nc2c(=O)[nH]c(C[C@@H]3CCCC[C@H]3N=[N+]=[N-])nc12. The summed E-state index contributed by atoms with van der Waals surface area (Å²) in [5, 5.41) is 10.9. The fraction of sp³-hybridized carbons (Fsp3) is 0.667. The molecule has 0 bridgehead atoms. The Morgan fingerprint density at radius 1 is 1.35 bits per heavy atom. The van der Waals surface area contributed by atoms with E-state index >= 15 is 0 Å². The molecule has 0 spiro atoms. The summed E-state index contributed by atoms with van der Waals surface area (Å²) < 4.78 is 0. The van der Waals surface area contributed by atoms with Crippen LogP contribution in [-0.4, -0.2) is 26.2 Å². The fourth-order valence-corrected chi connectivity index (χ4v) is 3.37. The third-order valence-corrected chi connectivity index (χ3v) is 4.59. The van der Waals surface area contributed by atoms with Crippen LogP contribution in [0, 0.1) is 5.92 Å². The topological polar surface area (TPSA) is 123 Å². The van der Waals surface area contributed by atoms with Gasteiger partial charge in [0.05, 0.1) is 5.69 Å². The van der Waals surface area contributed by atoms with Crippen LogP contribution in [0.25, 0.3) is 21.5 Å². The highest BCUT2D eigenvalue weighted by atomic mass is 16.1. The summed E-state index contributed by atoms with van der Waals surface area (Å²) in [5.74, 6) is 1.10. The zero-order chi connectivity index (χ0) is 16.4. The zero-order valence-electron chi connectivity index (χ0n) is 13.4. The maximum absolute atomic E-state index is 12.2. The van der Waals surface area contributed by atoms with Gasteiger partial charge >= 0.3 is 0 Å². The van der Waals surface area contributed by atoms with Crippen LogP contribution in [0.3, 0.4) is 0 Å². The molecule has 122 valence electrons. The molecule has 0 aliphatic heterocycles. The van der Waals surface area contributed by atoms with Gasteiger partial charge in [-0.05, 0) is 30.2 Å². The van der Waals surface area contributed by atoms with Crippen LogP contribution in [-0.2, 0) is 6.42 Å². The molecule has 8 nitrogen and oxygen atoms in total. The second kappa shape index (κ2) is 6.42. The van der Waals surface area contributed by atoms with E-state index in [0.29, 0.717) is 23.3 Å². The molecule has 2 aromatic heterocycles. The van der Waals surface area contributed by atoms with E-state index in [1.807, 2.05) is 13.8 Å². The van der Waals surface area contributed by atoms with Crippen molar-refractivity contribution in [1.82, 2.24) is 20.2 Å². The molecule has 1 saturated carbocycles. The Hall–Kier alpha value is -2.34. The number of H-pyrrole nitrogens is 2. The van der Waals surface area contributed by atoms with Crippen molar-refractivity contribution in [2.24, 2.45) is 11.0 Å². The number of nitrogens with one attached hydrogen (secondary N) is 2. The van der Waals surface area contributed by atoms with Crippen molar-refractivity contribution >= 4 is 11.0 Å². The lowest BCUT2D eigenvalue weighted by Crippen LogP contribution is -2.26. The smallest absolute Gasteiger partial charge is 0.279 e. The number of azide groups is 1. The summed E-state index contributed by atoms with van der Waals surface area (Å²) in [5.41, 5.74) is 10.4. The van der Waals surface area contributed by atoms with Gasteiger partial charge in [-0.2, -0.15) is 5.10 Å². The highest BCUT2D eigenvalue weighted by Crippen LogP contribution is 2.29. The largest absolute Gasteiger partial charge is 0.309 e. The first-order chi connectivity index (χ1) is 11.1. The molecule has 0 radical (unpaired) electrons. The maximum Gasteiger partial charge on any atom is 0.279 e. The number of nitrogens with zero attached hydrogens (tertiary/aromatic N) is 5. The minimum Gasteiger partial charge on any atom is -0.309 e. The Balaban J connectivity index is 1.94. The maximum atomic E-state index is 12.2. The molecule has 1 aliphatic carbocycles. The van der Waals surface area contributed by atoms with Crippen LogP contribution in [0.15, 0.2) is 9.91 Å². The van der Waals surface area contributed by atoms with Gasteiger partial charge in [0.25, 0.3) is 5.56 Å². The minimum absolute atomic E-state index is 0.0105. The number of hydrogen-bond acceptors (Lipinski definition) is 4. The van der Waals surface area contributed by atoms with Crippen molar-refractivity contribution in [2.75, 3.05) is 0 Å². The summed E-state index contributed by atoms with van der Waals surface area (Å²) in [6.45, 7) is 4.07. The van der Waals surface area contributed by atoms with E-state index in [1.54, 1.807) is 0 Å². The normalized spacial score (nSPS) is 21.5. The number of hydrogen-bond donors (Lipinski definition) is 2. The Labute approximate surface area is 133 Å². The van der Waals surface area contributed by atoms with E-state index in [2.05, 4.69) is 30.2 Å². The Morgan fingerprint density at radius 2 is 2.13 bits per heavy atom. The molecular weight excluding hydrogens is 294 g/mol. The molecule has 2 heterocycles. The molecule has 0 amide bonds. The second-order valence-corrected chi connectivity index (χ2v) is 6.52. The first kappa shape index (κ1) is 15.6. The van der Waals surface area contributed by atoms with Gasteiger partial charge in [0, 0.05) is 17.4 Å². The number of aromatic nitrogens is 4. The van der Waals surface area contributed by atoms with Gasteiger partial charge in [0.1, 0.15) is 11.3 Å². The van der Waals surface area contributed by atoms with Crippen LogP contribution >= 0.6 is 0 Å². The van der Waals surface area contributed by atoms with Crippen LogP contribution in [0.5, 0.6) is 0 Å². The lowest BCUT2D eigenvalue weighted by molar-refractivity contribution is 0.302. The molecule has 2 N–H and O–H groups in total. The Bertz CT molecular complexity index is 800. The molecule has 1 fully saturated rings. The van der Waals surface area contributed by atoms with Gasteiger partial charge in [0.15, 0.2) is 5.52 Å². The molecule has 1 aliphatic rings. The van der Waals surface area contributed by atoms with Crippen LogP contribution in [0.1, 0.15) is 57.0 Å². The molecule has 0 unspecified atom stereocenters. The first-order valence-corrected chi connectivity index (χ1v) is 8.11. The van der Waals surface area contributed by atoms with Crippen molar-refractivity contribution in [2.45, 2.75) is 57.9 Å². The highest BCUT2D eigenvalue weighted by Gasteiger charge is 2.25. The number of aromatic amines is 2. The predicted octanol–water partition coefficient (Wildman–Crippen LogP) is 3.18. The van der Waals surface area contributed by atoms with E-state index in [9.17, 15) is 4.79 Å². The predicted molar refractivity (Wildman–Crippen MR) is 87.2 cm³/mol. The molecule has 2 atom stereocenters. The summed E-state index contributed by atoms with van der Waals surface area (Å²) >= 11 is 0. The van der Waals surface area contributed by atoms with Gasteiger partial charge in [0.2, 0.25) is 0 Å². The minimum atomic E-state index is -0.218. The second-order valence-electron chi connectivity index (χ2n) is 6.52.